The van der Waals surface area contributed by atoms with Gasteiger partial charge in [0.25, 0.3) is 0 Å². The molecule has 0 atom stereocenters. The van der Waals surface area contributed by atoms with Crippen molar-refractivity contribution in [2.45, 2.75) is 65.8 Å². The predicted molar refractivity (Wildman–Crippen MR) is 114 cm³/mol. The van der Waals surface area contributed by atoms with Crippen molar-refractivity contribution in [1.29, 1.82) is 0 Å². The third kappa shape index (κ3) is 2.84. The third-order valence-corrected chi connectivity index (χ3v) is 6.28. The van der Waals surface area contributed by atoms with E-state index >= 15 is 0 Å². The van der Waals surface area contributed by atoms with Gasteiger partial charge in [0.1, 0.15) is 5.82 Å². The van der Waals surface area contributed by atoms with Crippen molar-refractivity contribution >= 4 is 11.5 Å². The fraction of sp³-hybridized carbons (Fsp3) is 0.478. The summed E-state index contributed by atoms with van der Waals surface area (Å²) < 4.78 is 13.2. The summed E-state index contributed by atoms with van der Waals surface area (Å²) in [5, 5.41) is 8.73. The van der Waals surface area contributed by atoms with Crippen LogP contribution < -0.4 is 14.8 Å². The molecule has 2 aromatic heterocycles. The second-order valence-electron chi connectivity index (χ2n) is 8.11. The molecule has 1 aliphatic carbocycles. The summed E-state index contributed by atoms with van der Waals surface area (Å²) in [6, 6.07) is 4.56. The van der Waals surface area contributed by atoms with Crippen LogP contribution in [0.3, 0.4) is 0 Å². The highest BCUT2D eigenvalue weighted by Crippen LogP contribution is 2.41. The standard InChI is InChI=1S/C23H28N4O2/c1-5-15(6-2)24-22-16-8-7-9-18(16)25-23-21(14(4)26-27(22)23)17-11-20-19(10-13(17)3)28-12-29-20/h10-11,15,24H,5-9,12H2,1-4H3. The number of fused-ring (bicyclic) bond motifs is 3. The molecule has 0 saturated carbocycles. The zero-order valence-electron chi connectivity index (χ0n) is 17.6. The first-order valence-electron chi connectivity index (χ1n) is 10.7. The largest absolute Gasteiger partial charge is 0.454 e. The van der Waals surface area contributed by atoms with Crippen LogP contribution in [0.25, 0.3) is 16.8 Å². The zero-order valence-corrected chi connectivity index (χ0v) is 17.6. The minimum absolute atomic E-state index is 0.279. The van der Waals surface area contributed by atoms with Crippen molar-refractivity contribution < 1.29 is 9.47 Å². The van der Waals surface area contributed by atoms with Gasteiger partial charge in [-0.15, -0.1) is 0 Å². The Hall–Kier alpha value is -2.76. The minimum Gasteiger partial charge on any atom is -0.454 e. The minimum atomic E-state index is 0.279. The first-order chi connectivity index (χ1) is 14.1. The van der Waals surface area contributed by atoms with Gasteiger partial charge in [-0.05, 0) is 69.2 Å². The first kappa shape index (κ1) is 18.3. The van der Waals surface area contributed by atoms with E-state index in [1.165, 1.54) is 11.3 Å². The number of anilines is 1. The summed E-state index contributed by atoms with van der Waals surface area (Å²) in [5.41, 5.74) is 7.80. The molecular formula is C23H28N4O2. The lowest BCUT2D eigenvalue weighted by Crippen LogP contribution is -2.21. The molecule has 5 rings (SSSR count). The van der Waals surface area contributed by atoms with Gasteiger partial charge in [-0.1, -0.05) is 13.8 Å². The maximum atomic E-state index is 5.64. The van der Waals surface area contributed by atoms with E-state index in [9.17, 15) is 0 Å². The molecule has 0 bridgehead atoms. The summed E-state index contributed by atoms with van der Waals surface area (Å²) in [4.78, 5) is 5.10. The molecule has 0 fully saturated rings. The van der Waals surface area contributed by atoms with Crippen molar-refractivity contribution in [3.63, 3.8) is 0 Å². The van der Waals surface area contributed by atoms with Crippen LogP contribution in [-0.4, -0.2) is 27.4 Å². The molecule has 1 aliphatic heterocycles. The van der Waals surface area contributed by atoms with Crippen LogP contribution in [0.1, 0.15) is 55.6 Å². The van der Waals surface area contributed by atoms with Crippen LogP contribution in [0, 0.1) is 13.8 Å². The molecule has 0 saturated heterocycles. The molecule has 0 spiro atoms. The highest BCUT2D eigenvalue weighted by molar-refractivity contribution is 5.84. The fourth-order valence-electron chi connectivity index (χ4n) is 4.60. The van der Waals surface area contributed by atoms with Crippen LogP contribution in [0.5, 0.6) is 11.5 Å². The van der Waals surface area contributed by atoms with E-state index in [2.05, 4.69) is 45.1 Å². The van der Waals surface area contributed by atoms with E-state index < -0.39 is 0 Å². The lowest BCUT2D eigenvalue weighted by Gasteiger charge is -2.20. The Morgan fingerprint density at radius 2 is 1.86 bits per heavy atom. The Bertz CT molecular complexity index is 1100. The molecule has 29 heavy (non-hydrogen) atoms. The molecule has 2 aliphatic rings. The van der Waals surface area contributed by atoms with Crippen LogP contribution in [-0.2, 0) is 12.8 Å². The molecule has 1 N–H and O–H groups in total. The normalized spacial score (nSPS) is 14.8. The smallest absolute Gasteiger partial charge is 0.231 e. The summed E-state index contributed by atoms with van der Waals surface area (Å²) in [6.45, 7) is 8.92. The molecule has 6 nitrogen and oxygen atoms in total. The van der Waals surface area contributed by atoms with Gasteiger partial charge < -0.3 is 14.8 Å². The molecule has 6 heteroatoms. The van der Waals surface area contributed by atoms with Gasteiger partial charge in [0, 0.05) is 22.9 Å². The highest BCUT2D eigenvalue weighted by atomic mass is 16.7. The lowest BCUT2D eigenvalue weighted by atomic mass is 10.00. The van der Waals surface area contributed by atoms with E-state index in [-0.39, 0.29) is 6.79 Å². The van der Waals surface area contributed by atoms with Crippen LogP contribution in [0.15, 0.2) is 12.1 Å². The van der Waals surface area contributed by atoms with Crippen molar-refractivity contribution in [2.75, 3.05) is 12.1 Å². The van der Waals surface area contributed by atoms with Gasteiger partial charge in [-0.2, -0.15) is 9.61 Å². The van der Waals surface area contributed by atoms with E-state index in [1.54, 1.807) is 0 Å². The molecule has 0 amide bonds. The Morgan fingerprint density at radius 3 is 2.62 bits per heavy atom. The lowest BCUT2D eigenvalue weighted by molar-refractivity contribution is 0.174. The maximum Gasteiger partial charge on any atom is 0.231 e. The first-order valence-corrected chi connectivity index (χ1v) is 10.7. The predicted octanol–water partition coefficient (Wildman–Crippen LogP) is 4.83. The number of ether oxygens (including phenoxy) is 2. The molecule has 1 aromatic carbocycles. The quantitative estimate of drug-likeness (QED) is 0.674. The number of benzene rings is 1. The molecule has 0 radical (unpaired) electrons. The van der Waals surface area contributed by atoms with Gasteiger partial charge in [0.15, 0.2) is 17.1 Å². The molecular weight excluding hydrogens is 364 g/mol. The Balaban J connectivity index is 1.74. The van der Waals surface area contributed by atoms with Crippen LogP contribution in [0.4, 0.5) is 5.82 Å². The van der Waals surface area contributed by atoms with E-state index in [4.69, 9.17) is 19.6 Å². The average Bonchev–Trinajstić information content (AvgIpc) is 3.42. The second-order valence-corrected chi connectivity index (χ2v) is 8.11. The number of aromatic nitrogens is 3. The van der Waals surface area contributed by atoms with Crippen LogP contribution >= 0.6 is 0 Å². The SMILES string of the molecule is CCC(CC)Nc1c2c(nc3c(-c4cc5c(cc4C)OCO5)c(C)nn13)CCC2. The number of nitrogens with zero attached hydrogens (tertiary/aromatic N) is 3. The van der Waals surface area contributed by atoms with Crippen LogP contribution in [0.2, 0.25) is 0 Å². The number of rotatable bonds is 5. The molecule has 3 aromatic rings. The molecule has 152 valence electrons. The summed E-state index contributed by atoms with van der Waals surface area (Å²) in [6.07, 6.45) is 5.43. The zero-order chi connectivity index (χ0) is 20.1. The Morgan fingerprint density at radius 1 is 1.10 bits per heavy atom. The van der Waals surface area contributed by atoms with Gasteiger partial charge in [-0.3, -0.25) is 0 Å². The maximum absolute atomic E-state index is 5.64. The summed E-state index contributed by atoms with van der Waals surface area (Å²) >= 11 is 0. The second kappa shape index (κ2) is 6.94. The van der Waals surface area contributed by atoms with E-state index in [1.807, 2.05) is 4.52 Å². The van der Waals surface area contributed by atoms with Gasteiger partial charge >= 0.3 is 0 Å². The molecule has 0 unspecified atom stereocenters. The van der Waals surface area contributed by atoms with Gasteiger partial charge in [0.05, 0.1) is 5.69 Å². The average molecular weight is 393 g/mol. The fourth-order valence-corrected chi connectivity index (χ4v) is 4.60. The number of aryl methyl sites for hydroxylation is 3. The highest BCUT2D eigenvalue weighted by Gasteiger charge is 2.26. The summed E-state index contributed by atoms with van der Waals surface area (Å²) in [5.74, 6) is 2.73. The monoisotopic (exact) mass is 392 g/mol. The van der Waals surface area contributed by atoms with Crippen molar-refractivity contribution in [3.8, 4) is 22.6 Å². The summed E-state index contributed by atoms with van der Waals surface area (Å²) in [7, 11) is 0. The van der Waals surface area contributed by atoms with Gasteiger partial charge in [0.2, 0.25) is 6.79 Å². The van der Waals surface area contributed by atoms with Crippen molar-refractivity contribution in [1.82, 2.24) is 14.6 Å². The Kier molecular flexibility index (Phi) is 4.37. The van der Waals surface area contributed by atoms with Gasteiger partial charge in [-0.25, -0.2) is 4.98 Å². The van der Waals surface area contributed by atoms with E-state index in [0.717, 1.165) is 77.5 Å². The van der Waals surface area contributed by atoms with Crippen molar-refractivity contribution in [2.24, 2.45) is 0 Å². The van der Waals surface area contributed by atoms with E-state index in [0.29, 0.717) is 6.04 Å². The number of hydrogen-bond acceptors (Lipinski definition) is 5. The third-order valence-electron chi connectivity index (χ3n) is 6.28. The number of nitrogens with one attached hydrogen (secondary N) is 1. The molecule has 3 heterocycles. The number of hydrogen-bond donors (Lipinski definition) is 1. The Labute approximate surface area is 171 Å². The topological polar surface area (TPSA) is 60.7 Å². The van der Waals surface area contributed by atoms with Crippen molar-refractivity contribution in [3.05, 3.63) is 34.6 Å².